The normalized spacial score (nSPS) is 9.56. The molecule has 0 N–H and O–H groups in total. The molecule has 96 valence electrons. The van der Waals surface area contributed by atoms with Crippen molar-refractivity contribution in [2.45, 2.75) is 33.6 Å². The van der Waals surface area contributed by atoms with E-state index in [1.54, 1.807) is 0 Å². The topological polar surface area (TPSA) is 0 Å². The zero-order chi connectivity index (χ0) is 13.4. The van der Waals surface area contributed by atoms with Crippen molar-refractivity contribution >= 4 is 11.6 Å². The van der Waals surface area contributed by atoms with Gasteiger partial charge in [0.1, 0.15) is 0 Å². The van der Waals surface area contributed by atoms with Crippen LogP contribution in [0.25, 0.3) is 0 Å². The first kappa shape index (κ1) is 14.8. The number of aryl methyl sites for hydroxylation is 3. The summed E-state index contributed by atoms with van der Waals surface area (Å²) in [7, 11) is 0. The molecule has 0 aliphatic rings. The summed E-state index contributed by atoms with van der Waals surface area (Å²) in [6.45, 7) is 6.42. The fraction of sp³-hybridized carbons (Fsp3) is 0.294. The van der Waals surface area contributed by atoms with Crippen molar-refractivity contribution in [3.63, 3.8) is 0 Å². The molecule has 2 rings (SSSR count). The molecular formula is C17H21Cl. The first-order chi connectivity index (χ1) is 8.65. The van der Waals surface area contributed by atoms with Crippen LogP contribution in [0, 0.1) is 6.92 Å². The first-order valence-corrected chi connectivity index (χ1v) is 6.83. The molecule has 0 bridgehead atoms. The standard InChI is InChI=1S/C9H12.C8H9Cl/c1-3-9-6-4-5-8(2)7-9;1-2-7-4-3-5-8(9)6-7/h4-7H,3H2,1-2H3;3-6H,2H2,1H3. The summed E-state index contributed by atoms with van der Waals surface area (Å²) in [5.41, 5.74) is 4.08. The van der Waals surface area contributed by atoms with E-state index in [0.717, 1.165) is 17.9 Å². The van der Waals surface area contributed by atoms with Crippen LogP contribution < -0.4 is 0 Å². The molecule has 0 heterocycles. The molecule has 0 saturated heterocycles. The molecule has 0 fully saturated rings. The van der Waals surface area contributed by atoms with Gasteiger partial charge in [0.2, 0.25) is 0 Å². The Balaban J connectivity index is 0.000000180. The van der Waals surface area contributed by atoms with E-state index in [2.05, 4.69) is 51.1 Å². The van der Waals surface area contributed by atoms with Crippen LogP contribution in [0.4, 0.5) is 0 Å². The molecule has 0 radical (unpaired) electrons. The van der Waals surface area contributed by atoms with Crippen molar-refractivity contribution in [1.29, 1.82) is 0 Å². The van der Waals surface area contributed by atoms with Crippen molar-refractivity contribution < 1.29 is 0 Å². The largest absolute Gasteiger partial charge is 0.0843 e. The second-order valence-electron chi connectivity index (χ2n) is 4.33. The number of benzene rings is 2. The summed E-state index contributed by atoms with van der Waals surface area (Å²) in [5, 5.41) is 0.828. The van der Waals surface area contributed by atoms with Crippen LogP contribution in [0.5, 0.6) is 0 Å². The van der Waals surface area contributed by atoms with Crippen molar-refractivity contribution in [1.82, 2.24) is 0 Å². The zero-order valence-corrected chi connectivity index (χ0v) is 12.2. The molecule has 18 heavy (non-hydrogen) atoms. The van der Waals surface area contributed by atoms with Crippen molar-refractivity contribution in [2.75, 3.05) is 0 Å². The summed E-state index contributed by atoms with van der Waals surface area (Å²) in [4.78, 5) is 0. The molecule has 1 heteroatoms. The predicted octanol–water partition coefficient (Wildman–Crippen LogP) is 5.46. The third kappa shape index (κ3) is 5.37. The predicted molar refractivity (Wildman–Crippen MR) is 81.4 cm³/mol. The lowest BCUT2D eigenvalue weighted by Gasteiger charge is -1.95. The number of hydrogen-bond donors (Lipinski definition) is 0. The van der Waals surface area contributed by atoms with Crippen LogP contribution in [0.2, 0.25) is 5.02 Å². The highest BCUT2D eigenvalue weighted by atomic mass is 35.5. The second kappa shape index (κ2) is 7.94. The Morgan fingerprint density at radius 2 is 1.39 bits per heavy atom. The Morgan fingerprint density at radius 3 is 1.78 bits per heavy atom. The van der Waals surface area contributed by atoms with Crippen molar-refractivity contribution in [3.05, 3.63) is 70.2 Å². The molecule has 0 aliphatic carbocycles. The monoisotopic (exact) mass is 260 g/mol. The van der Waals surface area contributed by atoms with Crippen LogP contribution in [0.1, 0.15) is 30.5 Å². The summed E-state index contributed by atoms with van der Waals surface area (Å²) in [5.74, 6) is 0. The maximum Gasteiger partial charge on any atom is 0.0408 e. The number of halogens is 1. The van der Waals surface area contributed by atoms with Gasteiger partial charge in [0.25, 0.3) is 0 Å². The second-order valence-corrected chi connectivity index (χ2v) is 4.76. The molecule has 0 amide bonds. The highest BCUT2D eigenvalue weighted by molar-refractivity contribution is 6.30. The minimum absolute atomic E-state index is 0.828. The minimum Gasteiger partial charge on any atom is -0.0843 e. The fourth-order valence-electron chi connectivity index (χ4n) is 1.69. The molecule has 0 atom stereocenters. The smallest absolute Gasteiger partial charge is 0.0408 e. The summed E-state index contributed by atoms with van der Waals surface area (Å²) in [6.07, 6.45) is 2.20. The third-order valence-electron chi connectivity index (χ3n) is 2.79. The lowest BCUT2D eigenvalue weighted by Crippen LogP contribution is -1.78. The van der Waals surface area contributed by atoms with Crippen LogP contribution in [-0.4, -0.2) is 0 Å². The average molecular weight is 261 g/mol. The van der Waals surface area contributed by atoms with Crippen LogP contribution in [0.3, 0.4) is 0 Å². The molecule has 0 aromatic heterocycles. The van der Waals surface area contributed by atoms with Crippen LogP contribution in [0.15, 0.2) is 48.5 Å². The van der Waals surface area contributed by atoms with E-state index in [0.29, 0.717) is 0 Å². The van der Waals surface area contributed by atoms with E-state index >= 15 is 0 Å². The van der Waals surface area contributed by atoms with Crippen LogP contribution in [-0.2, 0) is 12.8 Å². The SMILES string of the molecule is CCc1cccc(C)c1.CCc1cccc(Cl)c1. The van der Waals surface area contributed by atoms with Gasteiger partial charge in [-0.05, 0) is 43.0 Å². The number of hydrogen-bond acceptors (Lipinski definition) is 0. The molecule has 2 aromatic carbocycles. The highest BCUT2D eigenvalue weighted by Gasteiger charge is 1.87. The van der Waals surface area contributed by atoms with Gasteiger partial charge in [-0.1, -0.05) is 67.4 Å². The number of rotatable bonds is 2. The van der Waals surface area contributed by atoms with E-state index in [1.165, 1.54) is 16.7 Å². The quantitative estimate of drug-likeness (QED) is 0.673. The fourth-order valence-corrected chi connectivity index (χ4v) is 1.90. The van der Waals surface area contributed by atoms with Gasteiger partial charge in [-0.25, -0.2) is 0 Å². The Bertz CT molecular complexity index is 429. The Hall–Kier alpha value is -1.27. The Labute approximate surface area is 116 Å². The van der Waals surface area contributed by atoms with E-state index < -0.39 is 0 Å². The van der Waals surface area contributed by atoms with E-state index in [4.69, 9.17) is 11.6 Å². The summed E-state index contributed by atoms with van der Waals surface area (Å²) in [6, 6.07) is 16.5. The molecule has 0 spiro atoms. The van der Waals surface area contributed by atoms with Gasteiger partial charge >= 0.3 is 0 Å². The molecule has 2 aromatic rings. The van der Waals surface area contributed by atoms with Crippen molar-refractivity contribution in [3.8, 4) is 0 Å². The molecular weight excluding hydrogens is 240 g/mol. The lowest BCUT2D eigenvalue weighted by atomic mass is 10.1. The van der Waals surface area contributed by atoms with Gasteiger partial charge in [0.15, 0.2) is 0 Å². The maximum absolute atomic E-state index is 5.72. The van der Waals surface area contributed by atoms with Gasteiger partial charge < -0.3 is 0 Å². The van der Waals surface area contributed by atoms with Gasteiger partial charge in [-0.15, -0.1) is 0 Å². The van der Waals surface area contributed by atoms with Crippen LogP contribution >= 0.6 is 11.6 Å². The van der Waals surface area contributed by atoms with E-state index in [9.17, 15) is 0 Å². The third-order valence-corrected chi connectivity index (χ3v) is 3.02. The summed E-state index contributed by atoms with van der Waals surface area (Å²) < 4.78 is 0. The average Bonchev–Trinajstić information content (AvgIpc) is 2.39. The molecule has 0 saturated carbocycles. The van der Waals surface area contributed by atoms with Gasteiger partial charge in [-0.2, -0.15) is 0 Å². The first-order valence-electron chi connectivity index (χ1n) is 6.45. The summed E-state index contributed by atoms with van der Waals surface area (Å²) >= 11 is 5.72. The van der Waals surface area contributed by atoms with Crippen molar-refractivity contribution in [2.24, 2.45) is 0 Å². The van der Waals surface area contributed by atoms with E-state index in [1.807, 2.05) is 18.2 Å². The van der Waals surface area contributed by atoms with Gasteiger partial charge in [0, 0.05) is 5.02 Å². The van der Waals surface area contributed by atoms with Gasteiger partial charge in [0.05, 0.1) is 0 Å². The van der Waals surface area contributed by atoms with E-state index in [-0.39, 0.29) is 0 Å². The lowest BCUT2D eigenvalue weighted by molar-refractivity contribution is 1.13. The maximum atomic E-state index is 5.72. The zero-order valence-electron chi connectivity index (χ0n) is 11.4. The molecule has 0 unspecified atom stereocenters. The Morgan fingerprint density at radius 1 is 0.833 bits per heavy atom. The molecule has 0 nitrogen and oxygen atoms in total. The minimum atomic E-state index is 0.828. The highest BCUT2D eigenvalue weighted by Crippen LogP contribution is 2.10. The Kier molecular flexibility index (Phi) is 6.53. The van der Waals surface area contributed by atoms with Gasteiger partial charge in [-0.3, -0.25) is 0 Å². The molecule has 0 aliphatic heterocycles.